The Hall–Kier alpha value is -3.59. The highest BCUT2D eigenvalue weighted by Crippen LogP contribution is 2.40. The van der Waals surface area contributed by atoms with E-state index in [2.05, 4.69) is 15.5 Å². The number of esters is 1. The molecule has 0 spiro atoms. The highest BCUT2D eigenvalue weighted by atomic mass is 32.2. The Kier molecular flexibility index (Phi) is 6.10. The molecule has 1 saturated carbocycles. The van der Waals surface area contributed by atoms with Crippen molar-refractivity contribution in [1.29, 1.82) is 0 Å². The van der Waals surface area contributed by atoms with E-state index in [1.165, 1.54) is 18.9 Å². The Bertz CT molecular complexity index is 1240. The molecule has 1 aliphatic carbocycles. The van der Waals surface area contributed by atoms with Crippen molar-refractivity contribution in [2.75, 3.05) is 12.9 Å². The molecule has 2 amide bonds. The number of hydrogen-bond donors (Lipinski definition) is 1. The molecule has 1 atom stereocenters. The number of carbonyl (C=O) groups is 2. The molecule has 0 radical (unpaired) electrons. The number of methoxy groups -OCH3 is 1. The molecule has 8 nitrogen and oxygen atoms in total. The van der Waals surface area contributed by atoms with Crippen molar-refractivity contribution < 1.29 is 14.3 Å². The van der Waals surface area contributed by atoms with Gasteiger partial charge in [0.05, 0.1) is 18.7 Å². The third kappa shape index (κ3) is 4.19. The predicted molar refractivity (Wildman–Crippen MR) is 129 cm³/mol. The lowest BCUT2D eigenvalue weighted by molar-refractivity contribution is -0.136. The van der Waals surface area contributed by atoms with Crippen molar-refractivity contribution in [3.8, 4) is 11.4 Å². The average molecular weight is 476 g/mol. The van der Waals surface area contributed by atoms with E-state index in [-0.39, 0.29) is 12.1 Å². The van der Waals surface area contributed by atoms with Gasteiger partial charge in [0.2, 0.25) is 0 Å². The number of amides is 2. The van der Waals surface area contributed by atoms with Crippen LogP contribution in [-0.2, 0) is 16.6 Å². The lowest BCUT2D eigenvalue weighted by atomic mass is 9.95. The Morgan fingerprint density at radius 1 is 1.09 bits per heavy atom. The zero-order valence-electron chi connectivity index (χ0n) is 19.0. The van der Waals surface area contributed by atoms with Gasteiger partial charge in [-0.1, -0.05) is 72.4 Å². The summed E-state index contributed by atoms with van der Waals surface area (Å²) in [7, 11) is 3.29. The molecule has 1 N–H and O–H groups in total. The van der Waals surface area contributed by atoms with Gasteiger partial charge in [0.25, 0.3) is 0 Å². The molecule has 2 heterocycles. The van der Waals surface area contributed by atoms with E-state index < -0.39 is 12.0 Å². The third-order valence-corrected chi connectivity index (χ3v) is 7.06. The normalized spacial score (nSPS) is 18.1. The number of benzene rings is 2. The van der Waals surface area contributed by atoms with Crippen LogP contribution in [0, 0.1) is 0 Å². The second kappa shape index (κ2) is 9.34. The molecule has 0 saturated heterocycles. The number of aromatic nitrogens is 3. The van der Waals surface area contributed by atoms with Gasteiger partial charge in [0.15, 0.2) is 11.0 Å². The van der Waals surface area contributed by atoms with Crippen LogP contribution >= 0.6 is 11.8 Å². The van der Waals surface area contributed by atoms with Crippen molar-refractivity contribution in [1.82, 2.24) is 25.0 Å². The lowest BCUT2D eigenvalue weighted by Gasteiger charge is -2.36. The summed E-state index contributed by atoms with van der Waals surface area (Å²) in [6, 6.07) is 18.7. The molecule has 9 heteroatoms. The first-order valence-electron chi connectivity index (χ1n) is 11.1. The monoisotopic (exact) mass is 475 g/mol. The first-order chi connectivity index (χ1) is 16.6. The molecule has 1 fully saturated rings. The number of ether oxygens (including phenoxy) is 1. The molecule has 2 aliphatic rings. The van der Waals surface area contributed by atoms with E-state index in [1.54, 1.807) is 4.90 Å². The highest BCUT2D eigenvalue weighted by Gasteiger charge is 2.44. The second-order valence-corrected chi connectivity index (χ2v) is 9.21. The summed E-state index contributed by atoms with van der Waals surface area (Å²) in [5.74, 6) is 0.698. The van der Waals surface area contributed by atoms with E-state index in [0.717, 1.165) is 29.8 Å². The van der Waals surface area contributed by atoms with Gasteiger partial charge in [-0.3, -0.25) is 4.90 Å². The number of carbonyl (C=O) groups excluding carboxylic acids is 2. The molecule has 174 valence electrons. The molecule has 2 aromatic carbocycles. The number of hydrogen-bond acceptors (Lipinski definition) is 6. The van der Waals surface area contributed by atoms with Gasteiger partial charge in [-0.15, -0.1) is 10.2 Å². The molecule has 0 bridgehead atoms. The molecular weight excluding hydrogens is 450 g/mol. The predicted octanol–water partition coefficient (Wildman–Crippen LogP) is 3.93. The largest absolute Gasteiger partial charge is 0.466 e. The highest BCUT2D eigenvalue weighted by molar-refractivity contribution is 7.99. The molecule has 5 rings (SSSR count). The van der Waals surface area contributed by atoms with Crippen molar-refractivity contribution in [2.24, 2.45) is 7.05 Å². The lowest BCUT2D eigenvalue weighted by Crippen LogP contribution is -2.50. The van der Waals surface area contributed by atoms with Crippen LogP contribution in [0.1, 0.15) is 24.4 Å². The Labute approximate surface area is 202 Å². The Balaban J connectivity index is 1.52. The summed E-state index contributed by atoms with van der Waals surface area (Å²) in [4.78, 5) is 27.9. The molecule has 1 unspecified atom stereocenters. The zero-order chi connectivity index (χ0) is 23.7. The van der Waals surface area contributed by atoms with Gasteiger partial charge in [-0.05, 0) is 18.4 Å². The standard InChI is InChI=1S/C25H25N5O3S/c1-29-22(17-11-7-4-8-12-17)27-28-25(29)34-15-19-20(23(31)33-2)21(16-9-5-3-6-10-16)26-24(32)30(19)18-13-14-18/h3-12,18,21H,13-15H2,1-2H3,(H,26,32). The van der Waals surface area contributed by atoms with Gasteiger partial charge in [0.1, 0.15) is 0 Å². The smallest absolute Gasteiger partial charge is 0.338 e. The molecule has 34 heavy (non-hydrogen) atoms. The minimum absolute atomic E-state index is 0.0892. The van der Waals surface area contributed by atoms with Gasteiger partial charge in [0, 0.05) is 30.1 Å². The minimum Gasteiger partial charge on any atom is -0.466 e. The Morgan fingerprint density at radius 3 is 2.41 bits per heavy atom. The maximum absolute atomic E-state index is 13.2. The van der Waals surface area contributed by atoms with Crippen LogP contribution in [0.5, 0.6) is 0 Å². The minimum atomic E-state index is -0.578. The summed E-state index contributed by atoms with van der Waals surface area (Å²) >= 11 is 1.45. The number of urea groups is 1. The first kappa shape index (κ1) is 22.2. The summed E-state index contributed by atoms with van der Waals surface area (Å²) in [5.41, 5.74) is 2.93. The summed E-state index contributed by atoms with van der Waals surface area (Å²) in [6.07, 6.45) is 1.82. The second-order valence-electron chi connectivity index (χ2n) is 8.27. The van der Waals surface area contributed by atoms with Crippen LogP contribution in [0.3, 0.4) is 0 Å². The van der Waals surface area contributed by atoms with E-state index in [1.807, 2.05) is 72.3 Å². The topological polar surface area (TPSA) is 89.3 Å². The number of nitrogens with zero attached hydrogens (tertiary/aromatic N) is 4. The summed E-state index contributed by atoms with van der Waals surface area (Å²) < 4.78 is 7.10. The van der Waals surface area contributed by atoms with E-state index in [0.29, 0.717) is 22.2 Å². The fraction of sp³-hybridized carbons (Fsp3) is 0.280. The Morgan fingerprint density at radius 2 is 1.76 bits per heavy atom. The summed E-state index contributed by atoms with van der Waals surface area (Å²) in [5, 5.41) is 12.4. The van der Waals surface area contributed by atoms with Gasteiger partial charge < -0.3 is 14.6 Å². The average Bonchev–Trinajstić information content (AvgIpc) is 3.64. The van der Waals surface area contributed by atoms with Crippen LogP contribution in [0.2, 0.25) is 0 Å². The maximum Gasteiger partial charge on any atom is 0.338 e. The SMILES string of the molecule is COC(=O)C1=C(CSc2nnc(-c3ccccc3)n2C)N(C2CC2)C(=O)NC1c1ccccc1. The van der Waals surface area contributed by atoms with Crippen LogP contribution in [0.25, 0.3) is 11.4 Å². The van der Waals surface area contributed by atoms with Crippen molar-refractivity contribution in [3.05, 3.63) is 77.5 Å². The van der Waals surface area contributed by atoms with Crippen LogP contribution in [0.15, 0.2) is 77.1 Å². The van der Waals surface area contributed by atoms with Crippen molar-refractivity contribution in [3.63, 3.8) is 0 Å². The van der Waals surface area contributed by atoms with Crippen molar-refractivity contribution in [2.45, 2.75) is 30.1 Å². The van der Waals surface area contributed by atoms with Gasteiger partial charge in [-0.25, -0.2) is 9.59 Å². The fourth-order valence-electron chi connectivity index (χ4n) is 4.20. The third-order valence-electron chi connectivity index (χ3n) is 6.03. The maximum atomic E-state index is 13.2. The van der Waals surface area contributed by atoms with Gasteiger partial charge in [-0.2, -0.15) is 0 Å². The molecule has 3 aromatic rings. The van der Waals surface area contributed by atoms with Crippen LogP contribution in [-0.4, -0.2) is 50.6 Å². The fourth-order valence-corrected chi connectivity index (χ4v) is 5.14. The van der Waals surface area contributed by atoms with E-state index in [4.69, 9.17) is 4.74 Å². The van der Waals surface area contributed by atoms with Gasteiger partial charge >= 0.3 is 12.0 Å². The number of thioether (sulfide) groups is 1. The van der Waals surface area contributed by atoms with Crippen LogP contribution < -0.4 is 5.32 Å². The zero-order valence-corrected chi connectivity index (χ0v) is 19.8. The van der Waals surface area contributed by atoms with E-state index in [9.17, 15) is 9.59 Å². The molecule has 1 aromatic heterocycles. The quantitative estimate of drug-likeness (QED) is 0.411. The van der Waals surface area contributed by atoms with Crippen LogP contribution in [0.4, 0.5) is 4.79 Å². The first-order valence-corrected chi connectivity index (χ1v) is 12.1. The number of nitrogens with one attached hydrogen (secondary N) is 1. The summed E-state index contributed by atoms with van der Waals surface area (Å²) in [6.45, 7) is 0. The molecule has 1 aliphatic heterocycles. The number of rotatable bonds is 7. The van der Waals surface area contributed by atoms with Crippen molar-refractivity contribution >= 4 is 23.8 Å². The molecular formula is C25H25N5O3S. The van der Waals surface area contributed by atoms with E-state index >= 15 is 0 Å².